The van der Waals surface area contributed by atoms with Crippen molar-refractivity contribution in [2.24, 2.45) is 17.1 Å². The van der Waals surface area contributed by atoms with Crippen LogP contribution in [0.3, 0.4) is 0 Å². The van der Waals surface area contributed by atoms with Gasteiger partial charge in [0.25, 0.3) is 11.8 Å². The highest BCUT2D eigenvalue weighted by atomic mass is 32.1. The molecule has 2 fully saturated rings. The Hall–Kier alpha value is -3.20. The van der Waals surface area contributed by atoms with Gasteiger partial charge in [0.2, 0.25) is 5.91 Å². The Morgan fingerprint density at radius 1 is 1.21 bits per heavy atom. The highest BCUT2D eigenvalue weighted by molar-refractivity contribution is 7.20. The molecule has 9 heteroatoms. The third-order valence-corrected chi connectivity index (χ3v) is 7.33. The molecule has 1 aliphatic heterocycles. The summed E-state index contributed by atoms with van der Waals surface area (Å²) in [5.41, 5.74) is 5.51. The Labute approximate surface area is 196 Å². The molecule has 5 amide bonds. The second kappa shape index (κ2) is 8.30. The minimum atomic E-state index is -0.972. The first-order chi connectivity index (χ1) is 15.5. The number of rotatable bonds is 5. The van der Waals surface area contributed by atoms with Gasteiger partial charge in [0, 0.05) is 4.88 Å². The van der Waals surface area contributed by atoms with Gasteiger partial charge >= 0.3 is 6.03 Å². The van der Waals surface area contributed by atoms with Crippen LogP contribution in [-0.4, -0.2) is 40.7 Å². The molecule has 1 saturated carbocycles. The third-order valence-electron chi connectivity index (χ3n) is 6.23. The molecule has 8 nitrogen and oxygen atoms in total. The smallest absolute Gasteiger partial charge is 0.325 e. The van der Waals surface area contributed by atoms with Crippen LogP contribution in [0.25, 0.3) is 10.4 Å². The fraction of sp³-hybridized carbons (Fsp3) is 0.417. The molecule has 0 unspecified atom stereocenters. The molecule has 2 heterocycles. The normalized spacial score (nSPS) is 24.1. The number of benzene rings is 1. The van der Waals surface area contributed by atoms with Crippen LogP contribution in [-0.2, 0) is 9.59 Å². The minimum absolute atomic E-state index is 0.0972. The molecule has 0 radical (unpaired) electrons. The number of hydrogen-bond acceptors (Lipinski definition) is 5. The predicted molar refractivity (Wildman–Crippen MR) is 127 cm³/mol. The van der Waals surface area contributed by atoms with Crippen LogP contribution < -0.4 is 16.4 Å². The number of urea groups is 1. The van der Waals surface area contributed by atoms with Crippen molar-refractivity contribution >= 4 is 40.1 Å². The van der Waals surface area contributed by atoms with Crippen molar-refractivity contribution in [1.82, 2.24) is 10.2 Å². The number of primary amides is 1. The first kappa shape index (κ1) is 23.0. The quantitative estimate of drug-likeness (QED) is 0.581. The molecule has 1 spiro atoms. The maximum atomic E-state index is 13.3. The van der Waals surface area contributed by atoms with Crippen molar-refractivity contribution in [2.45, 2.75) is 45.6 Å². The Morgan fingerprint density at radius 2 is 1.91 bits per heavy atom. The van der Waals surface area contributed by atoms with E-state index in [9.17, 15) is 19.2 Å². The Morgan fingerprint density at radius 3 is 2.55 bits per heavy atom. The zero-order valence-corrected chi connectivity index (χ0v) is 19.8. The van der Waals surface area contributed by atoms with Crippen LogP contribution in [0.2, 0.25) is 0 Å². The van der Waals surface area contributed by atoms with Gasteiger partial charge < -0.3 is 16.4 Å². The lowest BCUT2D eigenvalue weighted by Gasteiger charge is -2.43. The number of carbonyl (C=O) groups excluding carboxylic acids is 4. The Bertz CT molecular complexity index is 1130. The highest BCUT2D eigenvalue weighted by Gasteiger charge is 2.56. The second-order valence-corrected chi connectivity index (χ2v) is 10.9. The van der Waals surface area contributed by atoms with E-state index in [-0.39, 0.29) is 22.8 Å². The van der Waals surface area contributed by atoms with Crippen molar-refractivity contribution in [1.29, 1.82) is 0 Å². The maximum absolute atomic E-state index is 13.3. The third kappa shape index (κ3) is 4.50. The van der Waals surface area contributed by atoms with Gasteiger partial charge in [-0.15, -0.1) is 11.3 Å². The molecule has 33 heavy (non-hydrogen) atoms. The molecule has 2 aromatic rings. The predicted octanol–water partition coefficient (Wildman–Crippen LogP) is 3.59. The summed E-state index contributed by atoms with van der Waals surface area (Å²) in [6.07, 6.45) is 2.05. The van der Waals surface area contributed by atoms with E-state index in [0.717, 1.165) is 21.8 Å². The SMILES string of the molecule is C[C@H]1CC(C)(C)C[C@@]2(C1)NC(=O)N(CC(=O)Nc1sc(-c3ccccc3)cc1C(N)=O)C2=O. The number of amides is 5. The van der Waals surface area contributed by atoms with Crippen LogP contribution in [0.1, 0.15) is 50.4 Å². The monoisotopic (exact) mass is 468 g/mol. The van der Waals surface area contributed by atoms with Crippen LogP contribution in [0.15, 0.2) is 36.4 Å². The van der Waals surface area contributed by atoms with Gasteiger partial charge in [-0.3, -0.25) is 19.3 Å². The molecule has 174 valence electrons. The van der Waals surface area contributed by atoms with Crippen LogP contribution in [0, 0.1) is 11.3 Å². The van der Waals surface area contributed by atoms with E-state index < -0.39 is 29.9 Å². The van der Waals surface area contributed by atoms with Crippen molar-refractivity contribution in [3.8, 4) is 10.4 Å². The fourth-order valence-electron chi connectivity index (χ4n) is 5.37. The number of nitrogens with zero attached hydrogens (tertiary/aromatic N) is 1. The summed E-state index contributed by atoms with van der Waals surface area (Å²) in [5.74, 6) is -1.33. The second-order valence-electron chi connectivity index (χ2n) is 9.89. The van der Waals surface area contributed by atoms with Gasteiger partial charge in [0.05, 0.1) is 5.56 Å². The van der Waals surface area contributed by atoms with Crippen molar-refractivity contribution < 1.29 is 19.2 Å². The van der Waals surface area contributed by atoms with Crippen molar-refractivity contribution in [2.75, 3.05) is 11.9 Å². The van der Waals surface area contributed by atoms with Gasteiger partial charge in [-0.2, -0.15) is 0 Å². The van der Waals surface area contributed by atoms with Crippen LogP contribution in [0.5, 0.6) is 0 Å². The zero-order chi connectivity index (χ0) is 24.0. The van der Waals surface area contributed by atoms with Gasteiger partial charge in [-0.05, 0) is 42.2 Å². The number of anilines is 1. The largest absolute Gasteiger partial charge is 0.366 e. The fourth-order valence-corrected chi connectivity index (χ4v) is 6.46. The van der Waals surface area contributed by atoms with E-state index in [0.29, 0.717) is 17.8 Å². The van der Waals surface area contributed by atoms with Crippen LogP contribution in [0.4, 0.5) is 9.80 Å². The average Bonchev–Trinajstić information content (AvgIpc) is 3.22. The Kier molecular flexibility index (Phi) is 5.78. The highest BCUT2D eigenvalue weighted by Crippen LogP contribution is 2.46. The lowest BCUT2D eigenvalue weighted by molar-refractivity contribution is -0.136. The van der Waals surface area contributed by atoms with E-state index in [1.54, 1.807) is 6.07 Å². The van der Waals surface area contributed by atoms with Gasteiger partial charge in [0.15, 0.2) is 0 Å². The van der Waals surface area contributed by atoms with Crippen LogP contribution >= 0.6 is 11.3 Å². The molecular formula is C24H28N4O4S. The molecule has 1 saturated heterocycles. The van der Waals surface area contributed by atoms with Gasteiger partial charge in [-0.1, -0.05) is 51.1 Å². The summed E-state index contributed by atoms with van der Waals surface area (Å²) in [7, 11) is 0. The number of nitrogens with one attached hydrogen (secondary N) is 2. The number of nitrogens with two attached hydrogens (primary N) is 1. The van der Waals surface area contributed by atoms with Crippen molar-refractivity contribution in [3.63, 3.8) is 0 Å². The summed E-state index contributed by atoms with van der Waals surface area (Å²) in [6, 6.07) is 10.5. The molecular weight excluding hydrogens is 440 g/mol. The lowest BCUT2D eigenvalue weighted by Crippen LogP contribution is -2.54. The number of hydrogen-bond donors (Lipinski definition) is 3. The first-order valence-corrected chi connectivity index (χ1v) is 11.7. The summed E-state index contributed by atoms with van der Waals surface area (Å²) < 4.78 is 0. The van der Waals surface area contributed by atoms with E-state index in [1.807, 2.05) is 30.3 Å². The summed E-state index contributed by atoms with van der Waals surface area (Å²) in [4.78, 5) is 52.4. The number of carbonyl (C=O) groups is 4. The van der Waals surface area contributed by atoms with Crippen molar-refractivity contribution in [3.05, 3.63) is 42.0 Å². The number of thiophene rings is 1. The lowest BCUT2D eigenvalue weighted by atomic mass is 9.64. The van der Waals surface area contributed by atoms with Gasteiger partial charge in [-0.25, -0.2) is 4.79 Å². The Balaban J connectivity index is 1.51. The maximum Gasteiger partial charge on any atom is 0.325 e. The molecule has 0 bridgehead atoms. The molecule has 4 N–H and O–H groups in total. The molecule has 4 rings (SSSR count). The standard InChI is InChI=1S/C24H28N4O4S/c1-14-10-23(2,3)13-24(11-14)21(31)28(22(32)27-24)12-18(29)26-20-16(19(25)30)9-17(33-20)15-7-5-4-6-8-15/h4-9,14H,10-13H2,1-3H3,(H2,25,30)(H,26,29)(H,27,32)/t14-,24+/m0/s1. The summed E-state index contributed by atoms with van der Waals surface area (Å²) in [6.45, 7) is 5.82. The molecule has 2 aliphatic rings. The van der Waals surface area contributed by atoms with E-state index in [1.165, 1.54) is 11.3 Å². The van der Waals surface area contributed by atoms with E-state index >= 15 is 0 Å². The topological polar surface area (TPSA) is 122 Å². The summed E-state index contributed by atoms with van der Waals surface area (Å²) >= 11 is 1.21. The number of imide groups is 1. The molecule has 2 atom stereocenters. The molecule has 1 aliphatic carbocycles. The first-order valence-electron chi connectivity index (χ1n) is 10.9. The zero-order valence-electron chi connectivity index (χ0n) is 18.9. The average molecular weight is 469 g/mol. The molecule has 1 aromatic heterocycles. The van der Waals surface area contributed by atoms with E-state index in [2.05, 4.69) is 31.4 Å². The van der Waals surface area contributed by atoms with Gasteiger partial charge in [0.1, 0.15) is 17.1 Å². The summed E-state index contributed by atoms with van der Waals surface area (Å²) in [5, 5.41) is 5.83. The van der Waals surface area contributed by atoms with E-state index in [4.69, 9.17) is 5.73 Å². The molecule has 1 aromatic carbocycles. The minimum Gasteiger partial charge on any atom is -0.366 e.